The molecule has 0 bridgehead atoms. The number of hydrogen-bond donors (Lipinski definition) is 2. The fourth-order valence-electron chi connectivity index (χ4n) is 2.36. The molecule has 2 rings (SSSR count). The van der Waals surface area contributed by atoms with Crippen molar-refractivity contribution in [2.75, 3.05) is 5.73 Å². The van der Waals surface area contributed by atoms with Crippen LogP contribution < -0.4 is 5.73 Å². The van der Waals surface area contributed by atoms with Crippen LogP contribution in [0.4, 0.5) is 5.69 Å². The number of hydrogen-bond acceptors (Lipinski definition) is 2. The van der Waals surface area contributed by atoms with Gasteiger partial charge in [-0.3, -0.25) is 0 Å². The highest BCUT2D eigenvalue weighted by molar-refractivity contribution is 5.99. The Hall–Kier alpha value is -2.35. The summed E-state index contributed by atoms with van der Waals surface area (Å²) in [5, 5.41) is 8.17. The van der Waals surface area contributed by atoms with Crippen LogP contribution in [0.3, 0.4) is 0 Å². The zero-order chi connectivity index (χ0) is 15.4. The molecule has 0 atom stereocenters. The first-order chi connectivity index (χ1) is 9.97. The Morgan fingerprint density at radius 3 is 2.52 bits per heavy atom. The average molecular weight is 278 g/mol. The Labute approximate surface area is 126 Å². The van der Waals surface area contributed by atoms with Gasteiger partial charge in [0.05, 0.1) is 0 Å². The van der Waals surface area contributed by atoms with Crippen LogP contribution in [0, 0.1) is 12.3 Å². The van der Waals surface area contributed by atoms with E-state index in [1.165, 1.54) is 5.56 Å². The van der Waals surface area contributed by atoms with E-state index in [4.69, 9.17) is 11.1 Å². The highest BCUT2D eigenvalue weighted by atomic mass is 14.5. The van der Waals surface area contributed by atoms with Crippen molar-refractivity contribution in [3.63, 3.8) is 0 Å². The molecule has 3 N–H and O–H groups in total. The number of allylic oxidation sites excluding steroid dienone is 1. The van der Waals surface area contributed by atoms with E-state index in [0.717, 1.165) is 40.8 Å². The summed E-state index contributed by atoms with van der Waals surface area (Å²) in [5.41, 5.74) is 12.8. The summed E-state index contributed by atoms with van der Waals surface area (Å²) in [7, 11) is 0. The molecule has 0 saturated carbocycles. The Bertz CT molecular complexity index is 684. The zero-order valence-corrected chi connectivity index (χ0v) is 12.7. The second-order valence-electron chi connectivity index (χ2n) is 5.59. The molecule has 0 unspecified atom stereocenters. The molecule has 108 valence electrons. The molecule has 21 heavy (non-hydrogen) atoms. The third kappa shape index (κ3) is 3.82. The summed E-state index contributed by atoms with van der Waals surface area (Å²) in [5.74, 6) is 0. The van der Waals surface area contributed by atoms with Crippen LogP contribution in [0.5, 0.6) is 0 Å². The van der Waals surface area contributed by atoms with E-state index >= 15 is 0 Å². The molecule has 2 aromatic carbocycles. The minimum Gasteiger partial charge on any atom is -0.399 e. The molecular formula is C19H22N2. The third-order valence-corrected chi connectivity index (χ3v) is 3.57. The van der Waals surface area contributed by atoms with Gasteiger partial charge in [0.15, 0.2) is 0 Å². The van der Waals surface area contributed by atoms with Gasteiger partial charge in [-0.05, 0) is 67.1 Å². The molecule has 2 heteroatoms. The van der Waals surface area contributed by atoms with Gasteiger partial charge in [0.25, 0.3) is 0 Å². The molecule has 0 aliphatic rings. The van der Waals surface area contributed by atoms with Gasteiger partial charge in [0.2, 0.25) is 0 Å². The SMILES string of the molecule is C=C(C)CCC(=N)c1ccc(-c2cccc(N)c2)c(C)c1. The summed E-state index contributed by atoms with van der Waals surface area (Å²) in [6.45, 7) is 7.97. The predicted molar refractivity (Wildman–Crippen MR) is 91.9 cm³/mol. The summed E-state index contributed by atoms with van der Waals surface area (Å²) in [6.07, 6.45) is 1.61. The molecule has 2 aromatic rings. The standard InChI is InChI=1S/C19H22N2/c1-13(2)7-10-19(21)16-8-9-18(14(3)11-16)15-5-4-6-17(20)12-15/h4-6,8-9,11-12,21H,1,7,10,20H2,2-3H3. The van der Waals surface area contributed by atoms with Gasteiger partial charge in [-0.15, -0.1) is 6.58 Å². The summed E-state index contributed by atoms with van der Waals surface area (Å²) < 4.78 is 0. The van der Waals surface area contributed by atoms with E-state index in [-0.39, 0.29) is 0 Å². The topological polar surface area (TPSA) is 49.9 Å². The van der Waals surface area contributed by atoms with Gasteiger partial charge in [0, 0.05) is 11.4 Å². The van der Waals surface area contributed by atoms with Crippen LogP contribution in [-0.4, -0.2) is 5.71 Å². The Morgan fingerprint density at radius 2 is 1.90 bits per heavy atom. The second-order valence-corrected chi connectivity index (χ2v) is 5.59. The molecule has 0 radical (unpaired) electrons. The fraction of sp³-hybridized carbons (Fsp3) is 0.211. The first-order valence-electron chi connectivity index (χ1n) is 7.16. The highest BCUT2D eigenvalue weighted by Gasteiger charge is 2.07. The summed E-state index contributed by atoms with van der Waals surface area (Å²) >= 11 is 0. The fourth-order valence-corrected chi connectivity index (χ4v) is 2.36. The predicted octanol–water partition coefficient (Wildman–Crippen LogP) is 4.97. The quantitative estimate of drug-likeness (QED) is 0.453. The van der Waals surface area contributed by atoms with Crippen molar-refractivity contribution >= 4 is 11.4 Å². The molecule has 0 aliphatic carbocycles. The molecule has 2 nitrogen and oxygen atoms in total. The van der Waals surface area contributed by atoms with Crippen LogP contribution in [0.15, 0.2) is 54.6 Å². The molecule has 0 aromatic heterocycles. The summed E-state index contributed by atoms with van der Waals surface area (Å²) in [4.78, 5) is 0. The first kappa shape index (κ1) is 15.0. The largest absolute Gasteiger partial charge is 0.399 e. The maximum absolute atomic E-state index is 8.17. The van der Waals surface area contributed by atoms with E-state index in [9.17, 15) is 0 Å². The lowest BCUT2D eigenvalue weighted by molar-refractivity contribution is 1.01. The van der Waals surface area contributed by atoms with Crippen molar-refractivity contribution < 1.29 is 0 Å². The molecule has 0 saturated heterocycles. The van der Waals surface area contributed by atoms with Gasteiger partial charge >= 0.3 is 0 Å². The Balaban J connectivity index is 2.25. The molecular weight excluding hydrogens is 256 g/mol. The zero-order valence-electron chi connectivity index (χ0n) is 12.7. The van der Waals surface area contributed by atoms with Crippen molar-refractivity contribution in [2.24, 2.45) is 0 Å². The monoisotopic (exact) mass is 278 g/mol. The minimum atomic E-state index is 0.667. The van der Waals surface area contributed by atoms with E-state index in [1.807, 2.05) is 31.2 Å². The molecule has 0 amide bonds. The van der Waals surface area contributed by atoms with Gasteiger partial charge in [-0.1, -0.05) is 29.8 Å². The average Bonchev–Trinajstić information content (AvgIpc) is 2.44. The minimum absolute atomic E-state index is 0.667. The lowest BCUT2D eigenvalue weighted by Gasteiger charge is -2.10. The highest BCUT2D eigenvalue weighted by Crippen LogP contribution is 2.26. The number of nitrogens with two attached hydrogens (primary N) is 1. The number of rotatable bonds is 5. The first-order valence-corrected chi connectivity index (χ1v) is 7.16. The van der Waals surface area contributed by atoms with Crippen molar-refractivity contribution in [1.29, 1.82) is 5.41 Å². The van der Waals surface area contributed by atoms with Crippen LogP contribution in [-0.2, 0) is 0 Å². The maximum atomic E-state index is 8.17. The number of nitrogens with one attached hydrogen (secondary N) is 1. The third-order valence-electron chi connectivity index (χ3n) is 3.57. The van der Waals surface area contributed by atoms with Crippen molar-refractivity contribution in [3.05, 3.63) is 65.7 Å². The van der Waals surface area contributed by atoms with Gasteiger partial charge < -0.3 is 11.1 Å². The molecule has 0 heterocycles. The Kier molecular flexibility index (Phi) is 4.59. The summed E-state index contributed by atoms with van der Waals surface area (Å²) in [6, 6.07) is 14.1. The van der Waals surface area contributed by atoms with Crippen molar-refractivity contribution in [2.45, 2.75) is 26.7 Å². The molecule has 0 spiro atoms. The lowest BCUT2D eigenvalue weighted by atomic mass is 9.95. The van der Waals surface area contributed by atoms with Crippen LogP contribution in [0.25, 0.3) is 11.1 Å². The van der Waals surface area contributed by atoms with Gasteiger partial charge in [-0.2, -0.15) is 0 Å². The number of nitrogen functional groups attached to an aromatic ring is 1. The lowest BCUT2D eigenvalue weighted by Crippen LogP contribution is -2.00. The number of anilines is 1. The van der Waals surface area contributed by atoms with E-state index in [1.54, 1.807) is 0 Å². The maximum Gasteiger partial charge on any atom is 0.0389 e. The molecule has 0 aliphatic heterocycles. The van der Waals surface area contributed by atoms with E-state index in [2.05, 4.69) is 31.7 Å². The van der Waals surface area contributed by atoms with Crippen LogP contribution >= 0.6 is 0 Å². The van der Waals surface area contributed by atoms with Crippen molar-refractivity contribution in [1.82, 2.24) is 0 Å². The Morgan fingerprint density at radius 1 is 1.14 bits per heavy atom. The van der Waals surface area contributed by atoms with Gasteiger partial charge in [-0.25, -0.2) is 0 Å². The van der Waals surface area contributed by atoms with Gasteiger partial charge in [0.1, 0.15) is 0 Å². The number of aryl methyl sites for hydroxylation is 1. The second kappa shape index (κ2) is 6.40. The normalized spacial score (nSPS) is 10.4. The van der Waals surface area contributed by atoms with Crippen molar-refractivity contribution in [3.8, 4) is 11.1 Å². The van der Waals surface area contributed by atoms with E-state index in [0.29, 0.717) is 5.71 Å². The van der Waals surface area contributed by atoms with E-state index < -0.39 is 0 Å². The van der Waals surface area contributed by atoms with Crippen LogP contribution in [0.1, 0.15) is 30.9 Å². The number of benzene rings is 2. The van der Waals surface area contributed by atoms with Crippen LogP contribution in [0.2, 0.25) is 0 Å². The smallest absolute Gasteiger partial charge is 0.0389 e. The molecule has 0 fully saturated rings.